The lowest BCUT2D eigenvalue weighted by Gasteiger charge is -2.44. The Morgan fingerprint density at radius 3 is 2.11 bits per heavy atom. The molecule has 1 aliphatic carbocycles. The molecule has 0 spiro atoms. The second kappa shape index (κ2) is 18.9. The smallest absolute Gasteiger partial charge is 0.262 e. The molecule has 5 atom stereocenters. The van der Waals surface area contributed by atoms with Crippen molar-refractivity contribution in [2.45, 2.75) is 153 Å². The van der Waals surface area contributed by atoms with Gasteiger partial charge in [-0.1, -0.05) is 127 Å². The van der Waals surface area contributed by atoms with Crippen molar-refractivity contribution < 1.29 is 28.4 Å². The van der Waals surface area contributed by atoms with E-state index in [-0.39, 0.29) is 35.0 Å². The van der Waals surface area contributed by atoms with Crippen molar-refractivity contribution >= 4 is 48.1 Å². The lowest BCUT2D eigenvalue weighted by Crippen LogP contribution is -2.68. The monoisotopic (exact) mass is 784 g/mol. The van der Waals surface area contributed by atoms with Gasteiger partial charge in [0.2, 0.25) is 23.6 Å². The number of rotatable bonds is 13. The second-order valence-corrected chi connectivity index (χ2v) is 21.6. The fourth-order valence-corrected chi connectivity index (χ4v) is 13.5. The first kappa shape index (κ1) is 43.0. The molecular weight excluding hydrogens is 721 g/mol. The molecule has 304 valence electrons. The Bertz CT molecular complexity index is 1670. The summed E-state index contributed by atoms with van der Waals surface area (Å²) in [5.74, 6) is -1.21. The molecule has 0 aromatic heterocycles. The van der Waals surface area contributed by atoms with Crippen LogP contribution in [0, 0.1) is 5.92 Å². The molecule has 2 heterocycles. The average molecular weight is 785 g/mol. The van der Waals surface area contributed by atoms with Crippen LogP contribution >= 0.6 is 0 Å². The quantitative estimate of drug-likeness (QED) is 0.140. The molecule has 3 fully saturated rings. The Hall–Kier alpha value is -4.09. The average Bonchev–Trinajstić information content (AvgIpc) is 3.69. The molecule has 0 radical (unpaired) electrons. The van der Waals surface area contributed by atoms with Gasteiger partial charge in [-0.05, 0) is 86.2 Å². The maximum atomic E-state index is 14.1. The number of nitrogens with one attached hydrogen (secondary N) is 3. The Labute approximate surface area is 335 Å². The number of carbonyl (C=O) groups is 5. The number of fused-ring (bicyclic) bond motifs is 1. The van der Waals surface area contributed by atoms with Gasteiger partial charge in [-0.3, -0.25) is 24.0 Å². The van der Waals surface area contributed by atoms with E-state index in [9.17, 15) is 24.0 Å². The summed E-state index contributed by atoms with van der Waals surface area (Å²) in [7, 11) is -2.93. The van der Waals surface area contributed by atoms with Crippen molar-refractivity contribution in [1.82, 2.24) is 20.9 Å². The van der Waals surface area contributed by atoms with Gasteiger partial charge in [0.05, 0.1) is 0 Å². The molecule has 4 amide bonds. The van der Waals surface area contributed by atoms with Gasteiger partial charge in [-0.15, -0.1) is 0 Å². The number of allylic oxidation sites excluding steroid dienone is 1. The van der Waals surface area contributed by atoms with Gasteiger partial charge >= 0.3 is 0 Å². The zero-order valence-corrected chi connectivity index (χ0v) is 35.4. The predicted molar refractivity (Wildman–Crippen MR) is 223 cm³/mol. The van der Waals surface area contributed by atoms with Gasteiger partial charge in [0.1, 0.15) is 29.8 Å². The van der Waals surface area contributed by atoms with E-state index in [2.05, 4.69) is 61.0 Å². The molecule has 0 bridgehead atoms. The van der Waals surface area contributed by atoms with Gasteiger partial charge in [-0.2, -0.15) is 0 Å². The minimum absolute atomic E-state index is 0.146. The highest BCUT2D eigenvalue weighted by Crippen LogP contribution is 2.37. The molecule has 2 saturated heterocycles. The minimum atomic E-state index is -2.93. The molecule has 11 heteroatoms. The normalized spacial score (nSPS) is 25.1. The topological polar surface area (TPSA) is 134 Å². The van der Waals surface area contributed by atoms with E-state index < -0.39 is 44.0 Å². The summed E-state index contributed by atoms with van der Waals surface area (Å²) in [5, 5.41) is 10.8. The molecule has 5 rings (SSSR count). The van der Waals surface area contributed by atoms with Crippen molar-refractivity contribution in [3.8, 4) is 0 Å². The van der Waals surface area contributed by atoms with Crippen LogP contribution in [-0.2, 0) is 28.4 Å². The van der Waals surface area contributed by atoms with Crippen molar-refractivity contribution in [1.29, 1.82) is 0 Å². The van der Waals surface area contributed by atoms with E-state index in [0.29, 0.717) is 51.0 Å². The molecule has 2 aromatic carbocycles. The molecule has 2 aromatic rings. The van der Waals surface area contributed by atoms with E-state index in [1.807, 2.05) is 50.2 Å². The zero-order valence-electron chi connectivity index (χ0n) is 34.4. The number of carbonyl (C=O) groups excluding carboxylic acids is 5. The van der Waals surface area contributed by atoms with Gasteiger partial charge in [-0.25, -0.2) is 0 Å². The fourth-order valence-electron chi connectivity index (χ4n) is 8.79. The van der Waals surface area contributed by atoms with Crippen molar-refractivity contribution in [2.24, 2.45) is 5.92 Å². The third-order valence-corrected chi connectivity index (χ3v) is 17.4. The van der Waals surface area contributed by atoms with Crippen molar-refractivity contribution in [3.63, 3.8) is 0 Å². The summed E-state index contributed by atoms with van der Waals surface area (Å²) in [4.78, 5) is 70.9. The SMILES string of the molecule is CC[C@]1(C)NC(=O)[C@H](CCC/C=C/C(=O)[C@H](C)O[Si](c2ccccc2)(c2ccccc2)C(C)(C)C)NC(=O)[C@H]2CCCN2C(=O)[C@H](CC2CCCCC2)NC1=O. The molecular formula is C45H64N4O6Si. The number of hydrogen-bond donors (Lipinski definition) is 3. The standard InChI is InChI=1S/C45H64N4O6Si/c1-7-45(6)43(54)47-37(31-33-21-12-8-13-22-33)42(53)49-30-20-28-38(49)41(52)46-36(40(51)48-45)27-18-11-19-29-39(50)32(2)55-56(44(3,4)5,34-23-14-9-15-24-34)35-25-16-10-17-26-35/h9-10,14-17,19,23-26,29,32-33,36-38H,7-8,11-13,18,20-22,27-28,30-31H2,1-6H3,(H,46,52)(H,47,54)(H,48,51)/b29-19+/t32-,36-,37-,38+,45-/m0/s1. The molecule has 10 nitrogen and oxygen atoms in total. The number of nitrogens with zero attached hydrogens (tertiary/aromatic N) is 1. The lowest BCUT2D eigenvalue weighted by molar-refractivity contribution is -0.145. The first-order chi connectivity index (χ1) is 26.7. The van der Waals surface area contributed by atoms with Gasteiger partial charge < -0.3 is 25.3 Å². The first-order valence-corrected chi connectivity index (χ1v) is 22.8. The van der Waals surface area contributed by atoms with Crippen LogP contribution < -0.4 is 26.3 Å². The van der Waals surface area contributed by atoms with E-state index in [1.165, 1.54) is 6.42 Å². The fraction of sp³-hybridized carbons (Fsp3) is 0.578. The number of ketones is 1. The number of hydrogen-bond acceptors (Lipinski definition) is 6. The Balaban J connectivity index is 1.27. The van der Waals surface area contributed by atoms with Gasteiger partial charge in [0, 0.05) is 6.54 Å². The van der Waals surface area contributed by atoms with E-state index >= 15 is 0 Å². The highest BCUT2D eigenvalue weighted by Gasteiger charge is 2.51. The largest absolute Gasteiger partial charge is 0.397 e. The summed E-state index contributed by atoms with van der Waals surface area (Å²) >= 11 is 0. The Morgan fingerprint density at radius 1 is 0.893 bits per heavy atom. The maximum absolute atomic E-state index is 14.1. The molecule has 0 unspecified atom stereocenters. The predicted octanol–water partition coefficient (Wildman–Crippen LogP) is 5.48. The van der Waals surface area contributed by atoms with Crippen LogP contribution in [0.3, 0.4) is 0 Å². The number of unbranched alkanes of at least 4 members (excludes halogenated alkanes) is 1. The number of benzene rings is 2. The van der Waals surface area contributed by atoms with E-state index in [0.717, 1.165) is 36.1 Å². The third kappa shape index (κ3) is 9.88. The molecule has 56 heavy (non-hydrogen) atoms. The molecule has 2 aliphatic heterocycles. The van der Waals surface area contributed by atoms with E-state index in [1.54, 1.807) is 24.0 Å². The molecule has 3 N–H and O–H groups in total. The van der Waals surface area contributed by atoms with Crippen LogP contribution in [0.1, 0.15) is 119 Å². The molecule has 1 saturated carbocycles. The third-order valence-electron chi connectivity index (χ3n) is 12.3. The summed E-state index contributed by atoms with van der Waals surface area (Å²) in [6, 6.07) is 18.1. The summed E-state index contributed by atoms with van der Waals surface area (Å²) in [5.41, 5.74) is -1.28. The Kier molecular flexibility index (Phi) is 14.5. The molecule has 3 aliphatic rings. The number of amides is 4. The van der Waals surface area contributed by atoms with Crippen LogP contribution in [-0.4, -0.2) is 78.9 Å². The van der Waals surface area contributed by atoms with Crippen LogP contribution in [0.4, 0.5) is 0 Å². The summed E-state index contributed by atoms with van der Waals surface area (Å²) in [6.07, 6.45) is 11.4. The highest BCUT2D eigenvalue weighted by molar-refractivity contribution is 6.99. The van der Waals surface area contributed by atoms with E-state index in [4.69, 9.17) is 4.43 Å². The first-order valence-electron chi connectivity index (χ1n) is 20.9. The van der Waals surface area contributed by atoms with Crippen LogP contribution in [0.5, 0.6) is 0 Å². The second-order valence-electron chi connectivity index (χ2n) is 17.4. The van der Waals surface area contributed by atoms with Crippen LogP contribution in [0.15, 0.2) is 72.8 Å². The van der Waals surface area contributed by atoms with Crippen molar-refractivity contribution in [2.75, 3.05) is 6.54 Å². The van der Waals surface area contributed by atoms with Gasteiger partial charge in [0.25, 0.3) is 8.32 Å². The summed E-state index contributed by atoms with van der Waals surface area (Å²) in [6.45, 7) is 12.3. The van der Waals surface area contributed by atoms with Crippen LogP contribution in [0.2, 0.25) is 5.04 Å². The minimum Gasteiger partial charge on any atom is -0.397 e. The van der Waals surface area contributed by atoms with Crippen molar-refractivity contribution in [3.05, 3.63) is 72.8 Å². The highest BCUT2D eigenvalue weighted by atomic mass is 28.4. The lowest BCUT2D eigenvalue weighted by atomic mass is 9.84. The summed E-state index contributed by atoms with van der Waals surface area (Å²) < 4.78 is 6.98. The maximum Gasteiger partial charge on any atom is 0.262 e. The van der Waals surface area contributed by atoms with Gasteiger partial charge in [0.15, 0.2) is 5.78 Å². The zero-order chi connectivity index (χ0) is 40.5. The van der Waals surface area contributed by atoms with Crippen LogP contribution in [0.25, 0.3) is 0 Å². The Morgan fingerprint density at radius 2 is 1.52 bits per heavy atom.